The number of benzene rings is 1. The lowest BCUT2D eigenvalue weighted by Gasteiger charge is -2.13. The third kappa shape index (κ3) is 5.20. The zero-order valence-electron chi connectivity index (χ0n) is 12.1. The van der Waals surface area contributed by atoms with E-state index in [-0.39, 0.29) is 29.3 Å². The Morgan fingerprint density at radius 2 is 2.18 bits per heavy atom. The maximum absolute atomic E-state index is 12.2. The summed E-state index contributed by atoms with van der Waals surface area (Å²) in [4.78, 5) is 11.2. The lowest BCUT2D eigenvalue weighted by atomic mass is 10.2. The van der Waals surface area contributed by atoms with Gasteiger partial charge in [0.15, 0.2) is 0 Å². The Labute approximate surface area is 145 Å². The van der Waals surface area contributed by atoms with Gasteiger partial charge in [0.05, 0.1) is 10.6 Å². The van der Waals surface area contributed by atoms with Crippen LogP contribution in [0, 0.1) is 0 Å². The Morgan fingerprint density at radius 1 is 1.45 bits per heavy atom. The SMILES string of the molecule is CC(=O)Nc1ccc(S(=O)(=O)NCC2CCCN2)cc1Br.Cl. The predicted molar refractivity (Wildman–Crippen MR) is 91.9 cm³/mol. The second kappa shape index (κ2) is 8.26. The van der Waals surface area contributed by atoms with E-state index >= 15 is 0 Å². The lowest BCUT2D eigenvalue weighted by Crippen LogP contribution is -2.37. The van der Waals surface area contributed by atoms with Gasteiger partial charge in [0, 0.05) is 24.0 Å². The van der Waals surface area contributed by atoms with Crippen molar-refractivity contribution in [1.82, 2.24) is 10.0 Å². The monoisotopic (exact) mass is 411 g/mol. The summed E-state index contributed by atoms with van der Waals surface area (Å²) in [7, 11) is -3.55. The van der Waals surface area contributed by atoms with Gasteiger partial charge in [-0.05, 0) is 53.5 Å². The fourth-order valence-electron chi connectivity index (χ4n) is 2.18. The molecule has 1 unspecified atom stereocenters. The van der Waals surface area contributed by atoms with Gasteiger partial charge in [-0.25, -0.2) is 13.1 Å². The number of hydrogen-bond acceptors (Lipinski definition) is 4. The van der Waals surface area contributed by atoms with E-state index < -0.39 is 10.0 Å². The van der Waals surface area contributed by atoms with Crippen LogP contribution >= 0.6 is 28.3 Å². The van der Waals surface area contributed by atoms with Gasteiger partial charge in [-0.15, -0.1) is 12.4 Å². The number of carbonyl (C=O) groups is 1. The van der Waals surface area contributed by atoms with Crippen LogP contribution in [0.5, 0.6) is 0 Å². The fourth-order valence-corrected chi connectivity index (χ4v) is 3.92. The average Bonchev–Trinajstić information content (AvgIpc) is 2.91. The molecule has 1 amide bonds. The number of nitrogens with one attached hydrogen (secondary N) is 3. The van der Waals surface area contributed by atoms with Crippen LogP contribution in [0.4, 0.5) is 5.69 Å². The molecule has 124 valence electrons. The Bertz CT molecular complexity index is 633. The molecule has 1 heterocycles. The van der Waals surface area contributed by atoms with Crippen molar-refractivity contribution in [3.05, 3.63) is 22.7 Å². The average molecular weight is 413 g/mol. The van der Waals surface area contributed by atoms with Crippen LogP contribution in [0.2, 0.25) is 0 Å². The first kappa shape index (κ1) is 19.4. The van der Waals surface area contributed by atoms with Crippen LogP contribution in [0.1, 0.15) is 19.8 Å². The molecule has 0 aromatic heterocycles. The van der Waals surface area contributed by atoms with E-state index in [2.05, 4.69) is 31.3 Å². The summed E-state index contributed by atoms with van der Waals surface area (Å²) in [5, 5.41) is 5.86. The third-order valence-corrected chi connectivity index (χ3v) is 5.32. The maximum Gasteiger partial charge on any atom is 0.240 e. The summed E-state index contributed by atoms with van der Waals surface area (Å²) in [5.41, 5.74) is 0.541. The van der Waals surface area contributed by atoms with Gasteiger partial charge in [-0.3, -0.25) is 4.79 Å². The quantitative estimate of drug-likeness (QED) is 0.689. The highest BCUT2D eigenvalue weighted by Gasteiger charge is 2.20. The molecule has 2 rings (SSSR count). The summed E-state index contributed by atoms with van der Waals surface area (Å²) in [6, 6.07) is 4.71. The van der Waals surface area contributed by atoms with E-state index in [1.54, 1.807) is 6.07 Å². The predicted octanol–water partition coefficient (Wildman–Crippen LogP) is 1.86. The first-order valence-electron chi connectivity index (χ1n) is 6.69. The second-order valence-electron chi connectivity index (χ2n) is 4.97. The van der Waals surface area contributed by atoms with E-state index in [0.29, 0.717) is 16.7 Å². The molecule has 1 aliphatic rings. The molecule has 22 heavy (non-hydrogen) atoms. The fraction of sp³-hybridized carbons (Fsp3) is 0.462. The zero-order chi connectivity index (χ0) is 15.5. The van der Waals surface area contributed by atoms with Crippen LogP contribution in [0.25, 0.3) is 0 Å². The Hall–Kier alpha value is -0.670. The third-order valence-electron chi connectivity index (χ3n) is 3.24. The minimum atomic E-state index is -3.55. The number of hydrogen-bond donors (Lipinski definition) is 3. The van der Waals surface area contributed by atoms with Crippen molar-refractivity contribution in [2.75, 3.05) is 18.4 Å². The molecule has 1 aromatic carbocycles. The number of halogens is 2. The van der Waals surface area contributed by atoms with Crippen molar-refractivity contribution < 1.29 is 13.2 Å². The topological polar surface area (TPSA) is 87.3 Å². The van der Waals surface area contributed by atoms with Gasteiger partial charge in [0.2, 0.25) is 15.9 Å². The van der Waals surface area contributed by atoms with E-state index in [4.69, 9.17) is 0 Å². The molecule has 0 bridgehead atoms. The smallest absolute Gasteiger partial charge is 0.240 e. The van der Waals surface area contributed by atoms with Crippen LogP contribution in [0.3, 0.4) is 0 Å². The van der Waals surface area contributed by atoms with Crippen molar-refractivity contribution in [1.29, 1.82) is 0 Å². The highest BCUT2D eigenvalue weighted by atomic mass is 79.9. The Kier molecular flexibility index (Phi) is 7.27. The molecule has 1 atom stereocenters. The molecule has 0 spiro atoms. The van der Waals surface area contributed by atoms with Gasteiger partial charge >= 0.3 is 0 Å². The van der Waals surface area contributed by atoms with Crippen molar-refractivity contribution in [3.63, 3.8) is 0 Å². The van der Waals surface area contributed by atoms with Crippen LogP contribution < -0.4 is 15.4 Å². The van der Waals surface area contributed by atoms with E-state index in [9.17, 15) is 13.2 Å². The molecule has 6 nitrogen and oxygen atoms in total. The van der Waals surface area contributed by atoms with Gasteiger partial charge in [-0.1, -0.05) is 0 Å². The summed E-state index contributed by atoms with van der Waals surface area (Å²) in [6.07, 6.45) is 2.05. The number of carbonyl (C=O) groups excluding carboxylic acids is 1. The van der Waals surface area contributed by atoms with Gasteiger partial charge in [-0.2, -0.15) is 0 Å². The molecular formula is C13H19BrClN3O3S. The highest BCUT2D eigenvalue weighted by molar-refractivity contribution is 9.10. The zero-order valence-corrected chi connectivity index (χ0v) is 15.3. The molecular weight excluding hydrogens is 394 g/mol. The second-order valence-corrected chi connectivity index (χ2v) is 7.59. The van der Waals surface area contributed by atoms with Gasteiger partial charge in [0.25, 0.3) is 0 Å². The maximum atomic E-state index is 12.2. The standard InChI is InChI=1S/C13H18BrN3O3S.ClH/c1-9(18)17-13-5-4-11(7-12(13)14)21(19,20)16-8-10-3-2-6-15-10;/h4-5,7,10,15-16H,2-3,6,8H2,1H3,(H,17,18);1H. The van der Waals surface area contributed by atoms with E-state index in [0.717, 1.165) is 19.4 Å². The Morgan fingerprint density at radius 3 is 2.73 bits per heavy atom. The van der Waals surface area contributed by atoms with E-state index in [1.165, 1.54) is 19.1 Å². The molecule has 0 radical (unpaired) electrons. The van der Waals surface area contributed by atoms with Crippen molar-refractivity contribution >= 4 is 50.0 Å². The minimum Gasteiger partial charge on any atom is -0.325 e. The number of anilines is 1. The van der Waals surface area contributed by atoms with Crippen LogP contribution in [0.15, 0.2) is 27.6 Å². The van der Waals surface area contributed by atoms with E-state index in [1.807, 2.05) is 0 Å². The number of rotatable bonds is 5. The van der Waals surface area contributed by atoms with Crippen LogP contribution in [-0.2, 0) is 14.8 Å². The largest absolute Gasteiger partial charge is 0.325 e. The summed E-state index contributed by atoms with van der Waals surface area (Å²) < 4.78 is 27.6. The van der Waals surface area contributed by atoms with Gasteiger partial charge < -0.3 is 10.6 Å². The number of sulfonamides is 1. The first-order valence-corrected chi connectivity index (χ1v) is 8.96. The highest BCUT2D eigenvalue weighted by Crippen LogP contribution is 2.25. The lowest BCUT2D eigenvalue weighted by molar-refractivity contribution is -0.114. The molecule has 1 saturated heterocycles. The molecule has 1 fully saturated rings. The molecule has 1 aromatic rings. The molecule has 0 saturated carbocycles. The minimum absolute atomic E-state index is 0. The first-order chi connectivity index (χ1) is 9.88. The normalized spacial score (nSPS) is 17.8. The molecule has 3 N–H and O–H groups in total. The van der Waals surface area contributed by atoms with Crippen LogP contribution in [-0.4, -0.2) is 33.5 Å². The Balaban J connectivity index is 0.00000242. The summed E-state index contributed by atoms with van der Waals surface area (Å²) >= 11 is 3.27. The van der Waals surface area contributed by atoms with Gasteiger partial charge in [0.1, 0.15) is 0 Å². The summed E-state index contributed by atoms with van der Waals surface area (Å²) in [6.45, 7) is 2.71. The van der Waals surface area contributed by atoms with Crippen molar-refractivity contribution in [2.24, 2.45) is 0 Å². The van der Waals surface area contributed by atoms with Crippen molar-refractivity contribution in [2.45, 2.75) is 30.7 Å². The molecule has 1 aliphatic heterocycles. The number of amides is 1. The molecule has 0 aliphatic carbocycles. The van der Waals surface area contributed by atoms with Crippen molar-refractivity contribution in [3.8, 4) is 0 Å². The molecule has 9 heteroatoms. The summed E-state index contributed by atoms with van der Waals surface area (Å²) in [5.74, 6) is -0.211.